The van der Waals surface area contributed by atoms with Gasteiger partial charge >= 0.3 is 0 Å². The molecule has 98 valence electrons. The van der Waals surface area contributed by atoms with Crippen molar-refractivity contribution in [1.82, 2.24) is 4.90 Å². The van der Waals surface area contributed by atoms with E-state index in [2.05, 4.69) is 18.7 Å². The molecule has 4 atom stereocenters. The fraction of sp³-hybridized carbons (Fsp3) is 0.923. The summed E-state index contributed by atoms with van der Waals surface area (Å²) < 4.78 is 0. The van der Waals surface area contributed by atoms with E-state index in [0.717, 1.165) is 25.1 Å². The van der Waals surface area contributed by atoms with Gasteiger partial charge in [0.25, 0.3) is 0 Å². The summed E-state index contributed by atoms with van der Waals surface area (Å²) >= 11 is 1.98. The van der Waals surface area contributed by atoms with E-state index < -0.39 is 0 Å². The van der Waals surface area contributed by atoms with Crippen LogP contribution in [-0.4, -0.2) is 40.9 Å². The van der Waals surface area contributed by atoms with Gasteiger partial charge in [-0.05, 0) is 32.2 Å². The van der Waals surface area contributed by atoms with E-state index in [1.54, 1.807) is 0 Å². The summed E-state index contributed by atoms with van der Waals surface area (Å²) in [4.78, 5) is 14.7. The zero-order valence-electron chi connectivity index (χ0n) is 10.9. The van der Waals surface area contributed by atoms with Gasteiger partial charge in [0.15, 0.2) is 0 Å². The monoisotopic (exact) mass is 256 g/mol. The highest BCUT2D eigenvalue weighted by Gasteiger charge is 2.38. The molecule has 1 heterocycles. The van der Waals surface area contributed by atoms with Gasteiger partial charge < -0.3 is 10.6 Å². The number of amides is 1. The molecule has 0 spiro atoms. The number of carbonyl (C=O) groups is 1. The topological polar surface area (TPSA) is 46.3 Å². The number of nitrogens with two attached hydrogens (primary N) is 1. The lowest BCUT2D eigenvalue weighted by molar-refractivity contribution is -0.138. The van der Waals surface area contributed by atoms with Gasteiger partial charge in [-0.2, -0.15) is 11.8 Å². The van der Waals surface area contributed by atoms with E-state index in [9.17, 15) is 4.79 Å². The van der Waals surface area contributed by atoms with Gasteiger partial charge in [0.2, 0.25) is 5.91 Å². The molecule has 1 aliphatic heterocycles. The van der Waals surface area contributed by atoms with Crippen molar-refractivity contribution < 1.29 is 4.79 Å². The van der Waals surface area contributed by atoms with E-state index >= 15 is 0 Å². The van der Waals surface area contributed by atoms with Crippen LogP contribution in [0.2, 0.25) is 0 Å². The SMILES string of the molecule is CC1SCCN(C(=O)[C@@H]2CCC[C@@H]2CN)C1C. The molecule has 2 unspecified atom stereocenters. The third-order valence-electron chi connectivity index (χ3n) is 4.45. The smallest absolute Gasteiger partial charge is 0.226 e. The number of rotatable bonds is 2. The van der Waals surface area contributed by atoms with Crippen molar-refractivity contribution in [3.63, 3.8) is 0 Å². The Bertz CT molecular complexity index is 285. The van der Waals surface area contributed by atoms with Crippen LogP contribution in [0.4, 0.5) is 0 Å². The lowest BCUT2D eigenvalue weighted by Gasteiger charge is -2.39. The normalized spacial score (nSPS) is 38.4. The van der Waals surface area contributed by atoms with Crippen LogP contribution in [0.1, 0.15) is 33.1 Å². The van der Waals surface area contributed by atoms with Crippen LogP contribution in [0.3, 0.4) is 0 Å². The van der Waals surface area contributed by atoms with Crippen molar-refractivity contribution in [2.24, 2.45) is 17.6 Å². The Morgan fingerprint density at radius 2 is 2.18 bits per heavy atom. The summed E-state index contributed by atoms with van der Waals surface area (Å²) in [6.07, 6.45) is 3.36. The second kappa shape index (κ2) is 5.61. The highest BCUT2D eigenvalue weighted by Crippen LogP contribution is 2.34. The highest BCUT2D eigenvalue weighted by atomic mass is 32.2. The molecule has 1 aliphatic carbocycles. The Hall–Kier alpha value is -0.220. The fourth-order valence-corrected chi connectivity index (χ4v) is 4.20. The minimum Gasteiger partial charge on any atom is -0.338 e. The second-order valence-electron chi connectivity index (χ2n) is 5.38. The Labute approximate surface area is 108 Å². The summed E-state index contributed by atoms with van der Waals surface area (Å²) in [5.41, 5.74) is 5.78. The van der Waals surface area contributed by atoms with Crippen LogP contribution >= 0.6 is 11.8 Å². The summed E-state index contributed by atoms with van der Waals surface area (Å²) in [6, 6.07) is 0.375. The molecule has 0 bridgehead atoms. The highest BCUT2D eigenvalue weighted by molar-refractivity contribution is 8.00. The predicted molar refractivity (Wildman–Crippen MR) is 73.0 cm³/mol. The molecule has 2 rings (SSSR count). The number of hydrogen-bond donors (Lipinski definition) is 1. The molecule has 2 N–H and O–H groups in total. The Balaban J connectivity index is 2.03. The molecule has 0 radical (unpaired) electrons. The maximum Gasteiger partial charge on any atom is 0.226 e. The lowest BCUT2D eigenvalue weighted by atomic mass is 9.94. The number of carbonyl (C=O) groups excluding carboxylic acids is 1. The molecular weight excluding hydrogens is 232 g/mol. The van der Waals surface area contributed by atoms with Crippen molar-refractivity contribution >= 4 is 17.7 Å². The molecule has 1 amide bonds. The largest absolute Gasteiger partial charge is 0.338 e. The molecule has 0 aromatic heterocycles. The van der Waals surface area contributed by atoms with Crippen molar-refractivity contribution in [3.8, 4) is 0 Å². The number of hydrogen-bond acceptors (Lipinski definition) is 3. The first kappa shape index (κ1) is 13.2. The molecular formula is C13H24N2OS. The zero-order chi connectivity index (χ0) is 12.4. The first-order chi connectivity index (χ1) is 8.15. The minimum atomic E-state index is 0.206. The van der Waals surface area contributed by atoms with Crippen molar-refractivity contribution in [2.45, 2.75) is 44.4 Å². The van der Waals surface area contributed by atoms with Gasteiger partial charge in [0.1, 0.15) is 0 Å². The maximum atomic E-state index is 12.6. The number of nitrogens with zero attached hydrogens (tertiary/aromatic N) is 1. The fourth-order valence-electron chi connectivity index (χ4n) is 3.10. The third kappa shape index (κ3) is 2.63. The average molecular weight is 256 g/mol. The van der Waals surface area contributed by atoms with Crippen LogP contribution in [0.15, 0.2) is 0 Å². The van der Waals surface area contributed by atoms with Gasteiger partial charge in [-0.3, -0.25) is 4.79 Å². The molecule has 2 aliphatic rings. The van der Waals surface area contributed by atoms with E-state index in [1.807, 2.05) is 11.8 Å². The van der Waals surface area contributed by atoms with Gasteiger partial charge in [0, 0.05) is 29.5 Å². The average Bonchev–Trinajstić information content (AvgIpc) is 2.80. The Morgan fingerprint density at radius 1 is 1.41 bits per heavy atom. The molecule has 0 aromatic carbocycles. The van der Waals surface area contributed by atoms with E-state index in [1.165, 1.54) is 6.42 Å². The zero-order valence-corrected chi connectivity index (χ0v) is 11.7. The summed E-state index contributed by atoms with van der Waals surface area (Å²) in [5.74, 6) is 2.09. The van der Waals surface area contributed by atoms with Crippen molar-refractivity contribution in [2.75, 3.05) is 18.8 Å². The maximum absolute atomic E-state index is 12.6. The van der Waals surface area contributed by atoms with E-state index in [0.29, 0.717) is 29.7 Å². The van der Waals surface area contributed by atoms with E-state index in [-0.39, 0.29) is 5.92 Å². The van der Waals surface area contributed by atoms with Gasteiger partial charge in [-0.25, -0.2) is 0 Å². The molecule has 2 fully saturated rings. The summed E-state index contributed by atoms with van der Waals surface area (Å²) in [7, 11) is 0. The van der Waals surface area contributed by atoms with Gasteiger partial charge in [-0.1, -0.05) is 13.3 Å². The molecule has 4 heteroatoms. The predicted octanol–water partition coefficient (Wildman–Crippen LogP) is 1.71. The van der Waals surface area contributed by atoms with Crippen molar-refractivity contribution in [3.05, 3.63) is 0 Å². The quantitative estimate of drug-likeness (QED) is 0.818. The van der Waals surface area contributed by atoms with Crippen LogP contribution in [-0.2, 0) is 4.79 Å². The van der Waals surface area contributed by atoms with Crippen LogP contribution < -0.4 is 5.73 Å². The number of thioether (sulfide) groups is 1. The summed E-state index contributed by atoms with van der Waals surface area (Å²) in [6.45, 7) is 6.00. The van der Waals surface area contributed by atoms with Gasteiger partial charge in [0.05, 0.1) is 0 Å². The van der Waals surface area contributed by atoms with Crippen LogP contribution in [0.5, 0.6) is 0 Å². The van der Waals surface area contributed by atoms with Crippen molar-refractivity contribution in [1.29, 1.82) is 0 Å². The van der Waals surface area contributed by atoms with E-state index in [4.69, 9.17) is 5.73 Å². The first-order valence-electron chi connectivity index (χ1n) is 6.77. The third-order valence-corrected chi connectivity index (χ3v) is 5.78. The Morgan fingerprint density at radius 3 is 2.88 bits per heavy atom. The first-order valence-corrected chi connectivity index (χ1v) is 7.82. The minimum absolute atomic E-state index is 0.206. The van der Waals surface area contributed by atoms with Crippen LogP contribution in [0, 0.1) is 11.8 Å². The summed E-state index contributed by atoms with van der Waals surface area (Å²) in [5, 5.41) is 0.561. The Kier molecular flexibility index (Phi) is 4.36. The molecule has 0 aromatic rings. The van der Waals surface area contributed by atoms with Crippen LogP contribution in [0.25, 0.3) is 0 Å². The second-order valence-corrected chi connectivity index (χ2v) is 6.87. The lowest BCUT2D eigenvalue weighted by Crippen LogP contribution is -2.51. The molecule has 3 nitrogen and oxygen atoms in total. The standard InChI is InChI=1S/C13H24N2OS/c1-9-10(2)17-7-6-15(9)13(16)12-5-3-4-11(12)8-14/h9-12H,3-8,14H2,1-2H3/t9?,10?,11-,12-/m1/s1. The molecule has 1 saturated heterocycles. The van der Waals surface area contributed by atoms with Gasteiger partial charge in [-0.15, -0.1) is 0 Å². The molecule has 1 saturated carbocycles. The molecule has 17 heavy (non-hydrogen) atoms.